The second-order valence-electron chi connectivity index (χ2n) is 5.54. The van der Waals surface area contributed by atoms with Gasteiger partial charge in [0.1, 0.15) is 8.11 Å². The second kappa shape index (κ2) is 6.63. The first kappa shape index (κ1) is 19.8. The van der Waals surface area contributed by atoms with Crippen molar-refractivity contribution in [2.45, 2.75) is 60.7 Å². The number of allylic oxidation sites excluding steroid dienone is 2. The molecule has 0 aliphatic heterocycles. The first-order chi connectivity index (χ1) is 9.48. The normalized spacial score (nSPS) is 38.5. The highest BCUT2D eigenvalue weighted by molar-refractivity contribution is 9.25. The molecule has 2 unspecified atom stereocenters. The molecule has 0 amide bonds. The summed E-state index contributed by atoms with van der Waals surface area (Å²) in [6.07, 6.45) is 6.90. The third-order valence-corrected chi connectivity index (χ3v) is 11.1. The van der Waals surface area contributed by atoms with Crippen molar-refractivity contribution in [1.82, 2.24) is 0 Å². The largest absolute Gasteiger partial charge is 0.177 e. The van der Waals surface area contributed by atoms with Gasteiger partial charge in [0.25, 0.3) is 0 Å². The summed E-state index contributed by atoms with van der Waals surface area (Å²) in [6, 6.07) is 0. The molecule has 0 aromatic heterocycles. The summed E-state index contributed by atoms with van der Waals surface area (Å²) in [5.74, 6) is 0. The zero-order valence-electron chi connectivity index (χ0n) is 10.9. The summed E-state index contributed by atoms with van der Waals surface area (Å²) in [5.41, 5.74) is 0.944. The van der Waals surface area contributed by atoms with E-state index in [1.807, 2.05) is 0 Å². The smallest absolute Gasteiger partial charge is 0.120 e. The number of halogens is 8. The van der Waals surface area contributed by atoms with Crippen LogP contribution >= 0.6 is 101 Å². The quantitative estimate of drug-likeness (QED) is 0.235. The van der Waals surface area contributed by atoms with Gasteiger partial charge in [-0.15, -0.1) is 23.2 Å². The molecule has 0 spiro atoms. The van der Waals surface area contributed by atoms with Gasteiger partial charge in [0.05, 0.1) is 5.38 Å². The van der Waals surface area contributed by atoms with E-state index >= 15 is 0 Å². The van der Waals surface area contributed by atoms with Crippen molar-refractivity contribution >= 4 is 101 Å². The molecule has 0 bridgehead atoms. The van der Waals surface area contributed by atoms with Crippen molar-refractivity contribution < 1.29 is 0 Å². The third-order valence-electron chi connectivity index (χ3n) is 4.18. The Kier molecular flexibility index (Phi) is 6.24. The van der Waals surface area contributed by atoms with E-state index in [-0.39, 0.29) is 0 Å². The molecule has 2 aliphatic carbocycles. The van der Waals surface area contributed by atoms with Crippen LogP contribution in [0.2, 0.25) is 0 Å². The molecule has 2 aliphatic rings. The minimum atomic E-state index is -1.68. The molecule has 0 radical (unpaired) electrons. The fraction of sp³-hybridized carbons (Fsp3) is 0.846. The third kappa shape index (κ3) is 3.05. The molecule has 2 rings (SSSR count). The first-order valence-electron chi connectivity index (χ1n) is 6.64. The summed E-state index contributed by atoms with van der Waals surface area (Å²) in [6.45, 7) is 0. The molecule has 1 saturated carbocycles. The Morgan fingerprint density at radius 3 is 2.19 bits per heavy atom. The first-order valence-corrected chi connectivity index (χ1v) is 10.6. The lowest BCUT2D eigenvalue weighted by Gasteiger charge is -2.54. The fourth-order valence-electron chi connectivity index (χ4n) is 2.93. The van der Waals surface area contributed by atoms with E-state index in [1.165, 1.54) is 0 Å². The molecular weight excluding hydrogens is 529 g/mol. The van der Waals surface area contributed by atoms with Gasteiger partial charge in [-0.25, -0.2) is 0 Å². The van der Waals surface area contributed by atoms with Crippen LogP contribution in [0.5, 0.6) is 0 Å². The maximum atomic E-state index is 7.04. The number of hydrogen-bond acceptors (Lipinski definition) is 0. The van der Waals surface area contributed by atoms with Crippen molar-refractivity contribution in [3.63, 3.8) is 0 Å². The summed E-state index contributed by atoms with van der Waals surface area (Å²) in [5, 5.41) is -0.591. The predicted octanol–water partition coefficient (Wildman–Crippen LogP) is 7.70. The molecule has 21 heavy (non-hydrogen) atoms. The molecule has 0 N–H and O–H groups in total. The molecule has 0 heterocycles. The minimum absolute atomic E-state index is 0.591. The molecule has 0 saturated heterocycles. The van der Waals surface area contributed by atoms with Crippen LogP contribution in [0, 0.1) is 0 Å². The molecule has 0 nitrogen and oxygen atoms in total. The molecule has 0 aromatic carbocycles. The van der Waals surface area contributed by atoms with Gasteiger partial charge in [-0.1, -0.05) is 84.3 Å². The van der Waals surface area contributed by atoms with Crippen LogP contribution in [-0.2, 0) is 0 Å². The lowest BCUT2D eigenvalue weighted by molar-refractivity contribution is 0.405. The van der Waals surface area contributed by atoms with E-state index in [9.17, 15) is 0 Å². The highest BCUT2D eigenvalue weighted by Gasteiger charge is 2.71. The summed E-state index contributed by atoms with van der Waals surface area (Å²) >= 11 is 47.1. The summed E-state index contributed by atoms with van der Waals surface area (Å²) in [4.78, 5) is -1.21. The summed E-state index contributed by atoms with van der Waals surface area (Å²) in [7, 11) is 0. The van der Waals surface area contributed by atoms with Crippen molar-refractivity contribution in [2.75, 3.05) is 0 Å². The lowest BCUT2D eigenvalue weighted by atomic mass is 9.82. The van der Waals surface area contributed by atoms with Crippen LogP contribution in [0.1, 0.15) is 38.5 Å². The van der Waals surface area contributed by atoms with Crippen LogP contribution in [-0.4, -0.2) is 22.2 Å². The topological polar surface area (TPSA) is 0 Å². The molecule has 0 aromatic rings. The van der Waals surface area contributed by atoms with Gasteiger partial charge in [0.15, 0.2) is 8.67 Å². The van der Waals surface area contributed by atoms with Gasteiger partial charge in [0.2, 0.25) is 0 Å². The Balaban J connectivity index is 2.63. The Bertz CT molecular complexity index is 448. The Hall–Kier alpha value is 2.44. The van der Waals surface area contributed by atoms with Gasteiger partial charge in [-0.3, -0.25) is 0 Å². The Morgan fingerprint density at radius 1 is 1.05 bits per heavy atom. The number of alkyl halides is 8. The fourth-order valence-corrected chi connectivity index (χ4v) is 7.33. The van der Waals surface area contributed by atoms with Crippen LogP contribution in [0.25, 0.3) is 0 Å². The van der Waals surface area contributed by atoms with E-state index in [0.29, 0.717) is 12.8 Å². The van der Waals surface area contributed by atoms with Gasteiger partial charge in [-0.2, -0.15) is 0 Å². The molecule has 8 heteroatoms. The van der Waals surface area contributed by atoms with Crippen molar-refractivity contribution in [1.29, 1.82) is 0 Å². The van der Waals surface area contributed by atoms with Gasteiger partial charge < -0.3 is 0 Å². The minimum Gasteiger partial charge on any atom is -0.120 e. The number of hydrogen-bond donors (Lipinski definition) is 0. The number of rotatable bonds is 1. The van der Waals surface area contributed by atoms with Crippen molar-refractivity contribution in [3.8, 4) is 0 Å². The zero-order chi connectivity index (χ0) is 16.1. The highest BCUT2D eigenvalue weighted by Crippen LogP contribution is 2.67. The Labute approximate surface area is 172 Å². The van der Waals surface area contributed by atoms with Crippen molar-refractivity contribution in [2.24, 2.45) is 0 Å². The van der Waals surface area contributed by atoms with Crippen LogP contribution < -0.4 is 0 Å². The SMILES string of the molecule is ClC1CCCC(Br)(Br)C(Cl)(C2=CCCC2)C(Cl)(Cl)C1(Cl)Cl. The maximum absolute atomic E-state index is 7.04. The van der Waals surface area contributed by atoms with E-state index in [2.05, 4.69) is 37.9 Å². The van der Waals surface area contributed by atoms with E-state index in [0.717, 1.165) is 31.3 Å². The summed E-state index contributed by atoms with van der Waals surface area (Å²) < 4.78 is -3.99. The van der Waals surface area contributed by atoms with Crippen LogP contribution in [0.15, 0.2) is 11.6 Å². The standard InChI is InChI=1S/C13H14Br2Cl6/c14-10(15)7-3-6-9(16)12(18,19)13(20,21)11(10,17)8-4-1-2-5-8/h4,9H,1-3,5-7H2. The highest BCUT2D eigenvalue weighted by atomic mass is 79.9. The van der Waals surface area contributed by atoms with E-state index < -0.39 is 22.2 Å². The van der Waals surface area contributed by atoms with Gasteiger partial charge in [-0.05, 0) is 44.1 Å². The van der Waals surface area contributed by atoms with Gasteiger partial charge >= 0.3 is 0 Å². The molecular formula is C13H14Br2Cl6. The zero-order valence-corrected chi connectivity index (χ0v) is 18.6. The maximum Gasteiger partial charge on any atom is 0.177 e. The Morgan fingerprint density at radius 2 is 1.67 bits per heavy atom. The van der Waals surface area contributed by atoms with E-state index in [4.69, 9.17) is 69.6 Å². The predicted molar refractivity (Wildman–Crippen MR) is 103 cm³/mol. The monoisotopic (exact) mass is 538 g/mol. The molecule has 122 valence electrons. The average Bonchev–Trinajstić information content (AvgIpc) is 2.89. The molecule has 1 fully saturated rings. The molecule has 2 atom stereocenters. The van der Waals surface area contributed by atoms with Gasteiger partial charge in [0, 0.05) is 0 Å². The average molecular weight is 543 g/mol. The van der Waals surface area contributed by atoms with E-state index in [1.54, 1.807) is 0 Å². The second-order valence-corrected chi connectivity index (χ2v) is 13.1. The van der Waals surface area contributed by atoms with Crippen molar-refractivity contribution in [3.05, 3.63) is 11.6 Å². The van der Waals surface area contributed by atoms with Crippen LogP contribution in [0.3, 0.4) is 0 Å². The van der Waals surface area contributed by atoms with Crippen LogP contribution in [0.4, 0.5) is 0 Å². The lowest BCUT2D eigenvalue weighted by Crippen LogP contribution is -2.64.